The maximum absolute atomic E-state index is 11.5. The van der Waals surface area contributed by atoms with Crippen LogP contribution in [0.3, 0.4) is 0 Å². The van der Waals surface area contributed by atoms with Crippen molar-refractivity contribution in [3.63, 3.8) is 0 Å². The number of nitrogens with zero attached hydrogens (tertiary/aromatic N) is 2. The highest BCUT2D eigenvalue weighted by Gasteiger charge is 2.38. The lowest BCUT2D eigenvalue weighted by Gasteiger charge is -2.47. The van der Waals surface area contributed by atoms with E-state index in [-0.39, 0.29) is 17.1 Å². The highest BCUT2D eigenvalue weighted by atomic mass is 16.5. The minimum atomic E-state index is -0.375. The van der Waals surface area contributed by atoms with Crippen LogP contribution in [-0.4, -0.2) is 40.1 Å². The van der Waals surface area contributed by atoms with Crippen LogP contribution in [0.1, 0.15) is 43.9 Å². The number of pyridine rings is 1. The number of morpholine rings is 1. The van der Waals surface area contributed by atoms with Gasteiger partial charge in [-0.15, -0.1) is 0 Å². The lowest BCUT2D eigenvalue weighted by Crippen LogP contribution is -2.56. The molecule has 1 amide bonds. The molecule has 1 aliphatic rings. The number of rotatable bonds is 3. The summed E-state index contributed by atoms with van der Waals surface area (Å²) in [4.78, 5) is 18.2. The second kappa shape index (κ2) is 5.71. The Morgan fingerprint density at radius 3 is 2.52 bits per heavy atom. The highest BCUT2D eigenvalue weighted by Crippen LogP contribution is 2.28. The molecule has 0 saturated carbocycles. The molecule has 1 aromatic rings. The molecule has 0 atom stereocenters. The van der Waals surface area contributed by atoms with Crippen molar-refractivity contribution in [3.05, 3.63) is 29.6 Å². The summed E-state index contributed by atoms with van der Waals surface area (Å²) in [5, 5.41) is 0. The Hall–Kier alpha value is -1.50. The normalized spacial score (nSPS) is 21.0. The Morgan fingerprint density at radius 1 is 1.33 bits per heavy atom. The van der Waals surface area contributed by atoms with Crippen LogP contribution in [0.4, 0.5) is 0 Å². The fraction of sp³-hybridized carbons (Fsp3) is 0.600. The van der Waals surface area contributed by atoms with Gasteiger partial charge in [0.1, 0.15) is 5.69 Å². The molecular formula is C15H24N4O2. The number of hydrazine groups is 1. The van der Waals surface area contributed by atoms with E-state index in [9.17, 15) is 4.79 Å². The van der Waals surface area contributed by atoms with Crippen molar-refractivity contribution < 1.29 is 9.53 Å². The van der Waals surface area contributed by atoms with Gasteiger partial charge in [-0.3, -0.25) is 15.1 Å². The van der Waals surface area contributed by atoms with Crippen LogP contribution in [0, 0.1) is 0 Å². The Kier molecular flexibility index (Phi) is 4.32. The summed E-state index contributed by atoms with van der Waals surface area (Å²) in [7, 11) is 0. The van der Waals surface area contributed by atoms with E-state index >= 15 is 0 Å². The largest absolute Gasteiger partial charge is 0.367 e. The zero-order valence-corrected chi connectivity index (χ0v) is 13.1. The number of nitrogen functional groups attached to an aromatic ring is 1. The van der Waals surface area contributed by atoms with Gasteiger partial charge in [0, 0.05) is 19.6 Å². The topological polar surface area (TPSA) is 80.5 Å². The molecule has 21 heavy (non-hydrogen) atoms. The second-order valence-corrected chi connectivity index (χ2v) is 6.75. The van der Waals surface area contributed by atoms with E-state index in [1.165, 1.54) is 0 Å². The zero-order chi connectivity index (χ0) is 15.7. The van der Waals surface area contributed by atoms with Gasteiger partial charge in [0.05, 0.1) is 16.9 Å². The maximum atomic E-state index is 11.5. The average molecular weight is 292 g/mol. The van der Waals surface area contributed by atoms with E-state index in [2.05, 4.69) is 43.0 Å². The van der Waals surface area contributed by atoms with Crippen molar-refractivity contribution in [3.8, 4) is 0 Å². The zero-order valence-electron chi connectivity index (χ0n) is 13.1. The van der Waals surface area contributed by atoms with E-state index < -0.39 is 0 Å². The fourth-order valence-corrected chi connectivity index (χ4v) is 3.05. The minimum Gasteiger partial charge on any atom is -0.367 e. The summed E-state index contributed by atoms with van der Waals surface area (Å²) >= 11 is 0. The van der Waals surface area contributed by atoms with Gasteiger partial charge >= 0.3 is 0 Å². The summed E-state index contributed by atoms with van der Waals surface area (Å²) in [6.45, 7) is 10.7. The van der Waals surface area contributed by atoms with Crippen molar-refractivity contribution in [1.82, 2.24) is 15.3 Å². The summed E-state index contributed by atoms with van der Waals surface area (Å²) in [6, 6.07) is 5.39. The summed E-state index contributed by atoms with van der Waals surface area (Å²) in [6.07, 6.45) is 0. The molecule has 2 heterocycles. The van der Waals surface area contributed by atoms with Gasteiger partial charge < -0.3 is 4.74 Å². The van der Waals surface area contributed by atoms with E-state index in [1.807, 2.05) is 12.1 Å². The number of nitrogens with one attached hydrogen (secondary N) is 1. The number of nitrogens with two attached hydrogens (primary N) is 1. The van der Waals surface area contributed by atoms with E-state index in [0.29, 0.717) is 12.2 Å². The Labute approximate surface area is 125 Å². The van der Waals surface area contributed by atoms with Crippen LogP contribution >= 0.6 is 0 Å². The number of carbonyl (C=O) groups excluding carboxylic acids is 1. The molecule has 0 bridgehead atoms. The maximum Gasteiger partial charge on any atom is 0.283 e. The van der Waals surface area contributed by atoms with Gasteiger partial charge in [0.15, 0.2) is 0 Å². The third-order valence-corrected chi connectivity index (χ3v) is 3.32. The molecule has 0 radical (unpaired) electrons. The van der Waals surface area contributed by atoms with Gasteiger partial charge in [0.25, 0.3) is 5.91 Å². The lowest BCUT2D eigenvalue weighted by atomic mass is 9.99. The molecule has 0 spiro atoms. The molecule has 1 saturated heterocycles. The first-order chi connectivity index (χ1) is 9.71. The predicted molar refractivity (Wildman–Crippen MR) is 80.4 cm³/mol. The van der Waals surface area contributed by atoms with Crippen LogP contribution in [0.25, 0.3) is 0 Å². The number of hydrogen-bond acceptors (Lipinski definition) is 5. The van der Waals surface area contributed by atoms with Crippen LogP contribution in [0.2, 0.25) is 0 Å². The molecule has 6 heteroatoms. The van der Waals surface area contributed by atoms with Crippen LogP contribution < -0.4 is 11.3 Å². The summed E-state index contributed by atoms with van der Waals surface area (Å²) in [5.74, 6) is 4.77. The van der Waals surface area contributed by atoms with Gasteiger partial charge in [-0.05, 0) is 39.8 Å². The monoisotopic (exact) mass is 292 g/mol. The first kappa shape index (κ1) is 15.9. The van der Waals surface area contributed by atoms with Crippen molar-refractivity contribution >= 4 is 5.91 Å². The molecule has 3 N–H and O–H groups in total. The SMILES string of the molecule is CC1(C)CN(Cc2cccc(C(=O)NN)n2)CC(C)(C)O1. The van der Waals surface area contributed by atoms with Gasteiger partial charge in [-0.1, -0.05) is 6.07 Å². The number of hydrogen-bond donors (Lipinski definition) is 2. The van der Waals surface area contributed by atoms with Crippen molar-refractivity contribution in [2.24, 2.45) is 5.84 Å². The van der Waals surface area contributed by atoms with E-state index in [4.69, 9.17) is 10.6 Å². The second-order valence-electron chi connectivity index (χ2n) is 6.75. The predicted octanol–water partition coefficient (Wildman–Crippen LogP) is 1.07. The van der Waals surface area contributed by atoms with Crippen LogP contribution in [0.5, 0.6) is 0 Å². The van der Waals surface area contributed by atoms with Gasteiger partial charge in [-0.2, -0.15) is 0 Å². The molecular weight excluding hydrogens is 268 g/mol. The molecule has 1 aromatic heterocycles. The Balaban J connectivity index is 2.12. The molecule has 6 nitrogen and oxygen atoms in total. The quantitative estimate of drug-likeness (QED) is 0.495. The molecule has 116 valence electrons. The minimum absolute atomic E-state index is 0.200. The first-order valence-electron chi connectivity index (χ1n) is 7.10. The summed E-state index contributed by atoms with van der Waals surface area (Å²) in [5.41, 5.74) is 2.89. The standard InChI is InChI=1S/C15H24N4O2/c1-14(2)9-19(10-15(3,4)21-14)8-11-6-5-7-12(17-11)13(20)18-16/h5-7H,8-10,16H2,1-4H3,(H,18,20). The third kappa shape index (κ3) is 4.23. The lowest BCUT2D eigenvalue weighted by molar-refractivity contribution is -0.182. The number of carbonyl (C=O) groups is 1. The highest BCUT2D eigenvalue weighted by molar-refractivity contribution is 5.91. The average Bonchev–Trinajstić information content (AvgIpc) is 2.34. The molecule has 0 aliphatic carbocycles. The van der Waals surface area contributed by atoms with Crippen molar-refractivity contribution in [2.45, 2.75) is 45.4 Å². The van der Waals surface area contributed by atoms with Gasteiger partial charge in [-0.25, -0.2) is 10.8 Å². The number of aromatic nitrogens is 1. The fourth-order valence-electron chi connectivity index (χ4n) is 3.05. The molecule has 0 aromatic carbocycles. The van der Waals surface area contributed by atoms with E-state index in [1.54, 1.807) is 6.07 Å². The van der Waals surface area contributed by atoms with Gasteiger partial charge in [0.2, 0.25) is 0 Å². The smallest absolute Gasteiger partial charge is 0.283 e. The van der Waals surface area contributed by atoms with Crippen molar-refractivity contribution in [2.75, 3.05) is 13.1 Å². The van der Waals surface area contributed by atoms with Crippen LogP contribution in [-0.2, 0) is 11.3 Å². The molecule has 1 fully saturated rings. The first-order valence-corrected chi connectivity index (χ1v) is 7.10. The van der Waals surface area contributed by atoms with Crippen molar-refractivity contribution in [1.29, 1.82) is 0 Å². The van der Waals surface area contributed by atoms with Crippen LogP contribution in [0.15, 0.2) is 18.2 Å². The molecule has 0 unspecified atom stereocenters. The Bertz CT molecular complexity index is 512. The number of ether oxygens (including phenoxy) is 1. The molecule has 1 aliphatic heterocycles. The summed E-state index contributed by atoms with van der Waals surface area (Å²) < 4.78 is 6.07. The van der Waals surface area contributed by atoms with E-state index in [0.717, 1.165) is 18.8 Å². The Morgan fingerprint density at radius 2 is 1.95 bits per heavy atom. The molecule has 2 rings (SSSR count). The number of amides is 1. The third-order valence-electron chi connectivity index (χ3n) is 3.32.